The Labute approximate surface area is 286 Å². The van der Waals surface area contributed by atoms with Gasteiger partial charge in [0.2, 0.25) is 0 Å². The van der Waals surface area contributed by atoms with E-state index in [0.29, 0.717) is 22.4 Å². The van der Waals surface area contributed by atoms with Gasteiger partial charge in [-0.15, -0.1) is 0 Å². The van der Waals surface area contributed by atoms with E-state index in [1.165, 1.54) is 50.5 Å². The third-order valence-electron chi connectivity index (χ3n) is 5.83. The largest absolute Gasteiger partial charge is 0.478 e. The number of amides is 3. The summed E-state index contributed by atoms with van der Waals surface area (Å²) >= 11 is 0. The average Bonchev–Trinajstić information content (AvgIpc) is 3.15. The van der Waals surface area contributed by atoms with Crippen molar-refractivity contribution in [3.63, 3.8) is 0 Å². The zero-order chi connectivity index (χ0) is 38.2. The second kappa shape index (κ2) is 23.4. The topological polar surface area (TPSA) is 301 Å². The smallest absolute Gasteiger partial charge is 0.335 e. The molecule has 18 heteroatoms. The van der Waals surface area contributed by atoms with Gasteiger partial charge in [-0.05, 0) is 79.8 Å². The molecule has 266 valence electrons. The number of nitrogens with two attached hydrogens (primary N) is 3. The molecule has 0 aromatic heterocycles. The van der Waals surface area contributed by atoms with E-state index in [4.69, 9.17) is 16.7 Å². The number of rotatable bonds is 7. The SMILES string of the molecule is CN.CNC(=O)c1ccc(N)cc1.CNC(=O)c1ccc(NN)cc1.CNC(=O)c1ccc([N+](=O)[O-])cc1.O=C(O)c1ccc([N+](=O)[O-])cc1. The molecular weight excluding hydrogens is 654 g/mol. The van der Waals surface area contributed by atoms with Gasteiger partial charge in [0.1, 0.15) is 0 Å². The Morgan fingerprint density at radius 3 is 1.10 bits per heavy atom. The molecule has 0 atom stereocenters. The lowest BCUT2D eigenvalue weighted by molar-refractivity contribution is -0.385. The summed E-state index contributed by atoms with van der Waals surface area (Å²) in [5.74, 6) is 3.62. The molecule has 0 unspecified atom stereocenters. The van der Waals surface area contributed by atoms with Crippen LogP contribution in [0.5, 0.6) is 0 Å². The molecule has 0 radical (unpaired) electrons. The minimum absolute atomic E-state index is 0.0207. The summed E-state index contributed by atoms with van der Waals surface area (Å²) in [6.45, 7) is 0. The number of hydrogen-bond acceptors (Lipinski definition) is 12. The highest BCUT2D eigenvalue weighted by Crippen LogP contribution is 2.12. The fourth-order valence-corrected chi connectivity index (χ4v) is 3.25. The van der Waals surface area contributed by atoms with Crippen molar-refractivity contribution >= 4 is 46.4 Å². The fraction of sp³-hybridized carbons (Fsp3) is 0.125. The van der Waals surface area contributed by atoms with Crippen molar-refractivity contribution in [2.24, 2.45) is 11.6 Å². The summed E-state index contributed by atoms with van der Waals surface area (Å²) in [6, 6.07) is 23.8. The van der Waals surface area contributed by atoms with Crippen molar-refractivity contribution in [3.8, 4) is 0 Å². The Balaban J connectivity index is 0.000000630. The maximum atomic E-state index is 11.1. The summed E-state index contributed by atoms with van der Waals surface area (Å²) < 4.78 is 0. The van der Waals surface area contributed by atoms with Crippen molar-refractivity contribution < 1.29 is 34.1 Å². The first-order valence-corrected chi connectivity index (χ1v) is 14.2. The van der Waals surface area contributed by atoms with E-state index in [2.05, 4.69) is 27.1 Å². The molecule has 11 N–H and O–H groups in total. The standard InChI is InChI=1S/C8H11N3O.C8H8N2O3.C8H10N2O.C7H5NO4.CH5N/c1-10-8(12)6-2-4-7(11-9)5-3-6;1-9-8(11)6-2-4-7(5-3-6)10(12)13;1-10-8(11)6-2-4-7(9)5-3-6;9-7(10)5-1-3-6(4-2-5)8(11)12;1-2/h2-5,11H,9H2,1H3,(H,10,12);2-5H,1H3,(H,9,11);2-5H,9H2,1H3,(H,10,11);1-4H,(H,9,10);2H2,1H3. The lowest BCUT2D eigenvalue weighted by Crippen LogP contribution is -2.17. The molecule has 0 fully saturated rings. The molecule has 4 rings (SSSR count). The quantitative estimate of drug-likeness (QED) is 0.0598. The van der Waals surface area contributed by atoms with Crippen LogP contribution in [0.2, 0.25) is 0 Å². The first-order chi connectivity index (χ1) is 23.8. The second-order valence-corrected chi connectivity index (χ2v) is 8.99. The average molecular weight is 694 g/mol. The number of non-ortho nitro benzene ring substituents is 2. The summed E-state index contributed by atoms with van der Waals surface area (Å²) in [6.07, 6.45) is 0. The number of benzene rings is 4. The third-order valence-corrected chi connectivity index (χ3v) is 5.83. The maximum Gasteiger partial charge on any atom is 0.335 e. The number of aromatic carboxylic acids is 1. The van der Waals surface area contributed by atoms with E-state index in [1.54, 1.807) is 62.6 Å². The summed E-state index contributed by atoms with van der Waals surface area (Å²) in [7, 11) is 6.19. The highest BCUT2D eigenvalue weighted by Gasteiger charge is 2.08. The number of nitrogen functional groups attached to an aromatic ring is 2. The molecule has 0 bridgehead atoms. The lowest BCUT2D eigenvalue weighted by atomic mass is 10.2. The number of anilines is 2. The molecule has 18 nitrogen and oxygen atoms in total. The van der Waals surface area contributed by atoms with E-state index >= 15 is 0 Å². The van der Waals surface area contributed by atoms with Gasteiger partial charge in [0.15, 0.2) is 0 Å². The Hall–Kier alpha value is -6.92. The van der Waals surface area contributed by atoms with Gasteiger partial charge < -0.3 is 38.0 Å². The number of carbonyl (C=O) groups excluding carboxylic acids is 3. The monoisotopic (exact) mass is 693 g/mol. The van der Waals surface area contributed by atoms with Gasteiger partial charge in [0, 0.05) is 73.5 Å². The van der Waals surface area contributed by atoms with E-state index in [-0.39, 0.29) is 34.7 Å². The van der Waals surface area contributed by atoms with Gasteiger partial charge in [-0.25, -0.2) is 4.79 Å². The van der Waals surface area contributed by atoms with Crippen molar-refractivity contribution in [3.05, 3.63) is 140 Å². The number of nitro groups is 2. The molecule has 0 spiro atoms. The number of hydrogen-bond donors (Lipinski definition) is 8. The molecule has 0 saturated carbocycles. The number of hydrazine groups is 1. The molecule has 4 aromatic rings. The van der Waals surface area contributed by atoms with Gasteiger partial charge in [-0.1, -0.05) is 0 Å². The first-order valence-electron chi connectivity index (χ1n) is 14.2. The second-order valence-electron chi connectivity index (χ2n) is 8.99. The Kier molecular flexibility index (Phi) is 20.2. The molecule has 0 aliphatic carbocycles. The van der Waals surface area contributed by atoms with E-state index in [1.807, 2.05) is 0 Å². The zero-order valence-corrected chi connectivity index (χ0v) is 27.6. The predicted octanol–water partition coefficient (Wildman–Crippen LogP) is 2.78. The van der Waals surface area contributed by atoms with Crippen molar-refractivity contribution in [1.29, 1.82) is 0 Å². The number of carbonyl (C=O) groups is 4. The van der Waals surface area contributed by atoms with Gasteiger partial charge >= 0.3 is 5.97 Å². The van der Waals surface area contributed by atoms with Crippen molar-refractivity contribution in [2.45, 2.75) is 0 Å². The highest BCUT2D eigenvalue weighted by molar-refractivity contribution is 5.95. The van der Waals surface area contributed by atoms with E-state index in [9.17, 15) is 39.4 Å². The summed E-state index contributed by atoms with van der Waals surface area (Å²) in [4.78, 5) is 62.7. The van der Waals surface area contributed by atoms with Crippen LogP contribution in [0.1, 0.15) is 41.4 Å². The van der Waals surface area contributed by atoms with Gasteiger partial charge in [-0.2, -0.15) is 0 Å². The van der Waals surface area contributed by atoms with Crippen LogP contribution in [0, 0.1) is 20.2 Å². The van der Waals surface area contributed by atoms with Crippen LogP contribution in [-0.4, -0.2) is 66.8 Å². The molecule has 0 saturated heterocycles. The molecule has 3 amide bonds. The Bertz CT molecular complexity index is 1650. The minimum atomic E-state index is -1.09. The van der Waals surface area contributed by atoms with Crippen LogP contribution >= 0.6 is 0 Å². The predicted molar refractivity (Wildman–Crippen MR) is 189 cm³/mol. The zero-order valence-electron chi connectivity index (χ0n) is 27.6. The first kappa shape index (κ1) is 43.1. The number of carboxylic acids is 1. The van der Waals surface area contributed by atoms with Gasteiger partial charge in [-0.3, -0.25) is 40.5 Å². The lowest BCUT2D eigenvalue weighted by Gasteiger charge is -2.01. The van der Waals surface area contributed by atoms with E-state index in [0.717, 1.165) is 17.8 Å². The number of nitrogens with zero attached hydrogens (tertiary/aromatic N) is 2. The van der Waals surface area contributed by atoms with Crippen molar-refractivity contribution in [1.82, 2.24) is 16.0 Å². The highest BCUT2D eigenvalue weighted by atomic mass is 16.6. The Morgan fingerprint density at radius 2 is 0.840 bits per heavy atom. The normalized spacial score (nSPS) is 9.00. The number of nitro benzene ring substituents is 2. The van der Waals surface area contributed by atoms with E-state index < -0.39 is 15.8 Å². The van der Waals surface area contributed by atoms with Crippen LogP contribution in [0.25, 0.3) is 0 Å². The third kappa shape index (κ3) is 15.6. The molecule has 0 heterocycles. The van der Waals surface area contributed by atoms with Crippen LogP contribution in [0.4, 0.5) is 22.7 Å². The molecule has 50 heavy (non-hydrogen) atoms. The van der Waals surface area contributed by atoms with Crippen LogP contribution in [0.3, 0.4) is 0 Å². The van der Waals surface area contributed by atoms with Gasteiger partial charge in [0.25, 0.3) is 29.1 Å². The van der Waals surface area contributed by atoms with Crippen LogP contribution < -0.4 is 38.7 Å². The van der Waals surface area contributed by atoms with Gasteiger partial charge in [0.05, 0.1) is 15.4 Å². The minimum Gasteiger partial charge on any atom is -0.478 e. The molecule has 0 aliphatic rings. The Morgan fingerprint density at radius 1 is 0.560 bits per heavy atom. The number of nitrogens with one attached hydrogen (secondary N) is 4. The molecule has 0 aliphatic heterocycles. The number of carboxylic acid groups (broad SMARTS) is 1. The molecular formula is C32H39N9O9. The van der Waals surface area contributed by atoms with Crippen LogP contribution in [-0.2, 0) is 0 Å². The van der Waals surface area contributed by atoms with Crippen molar-refractivity contribution in [2.75, 3.05) is 39.4 Å². The van der Waals surface area contributed by atoms with Crippen LogP contribution in [0.15, 0.2) is 97.1 Å². The maximum absolute atomic E-state index is 11.1. The molecule has 4 aromatic carbocycles. The summed E-state index contributed by atoms with van der Waals surface area (Å²) in [5, 5.41) is 36.3. The fourth-order valence-electron chi connectivity index (χ4n) is 3.25. The summed E-state index contributed by atoms with van der Waals surface area (Å²) in [5.41, 5.74) is 15.4.